The van der Waals surface area contributed by atoms with Crippen molar-refractivity contribution in [1.29, 1.82) is 0 Å². The molecule has 0 atom stereocenters. The van der Waals surface area contributed by atoms with E-state index in [0.717, 1.165) is 31.4 Å². The van der Waals surface area contributed by atoms with Gasteiger partial charge in [0, 0.05) is 24.5 Å². The maximum absolute atomic E-state index is 12.1. The number of alkyl halides is 3. The standard InChI is InChI=1S/C15H20F3N7/c16-15(17,18)9-22-14(19)25-13-6-7-21-12(24-13)5-3-1-2-4-11-8-20-10-23-11/h6-8,10H,1-5,9H2,(H,20,23)(H3,19,21,22,24,25). The Morgan fingerprint density at radius 1 is 1.24 bits per heavy atom. The molecule has 25 heavy (non-hydrogen) atoms. The van der Waals surface area contributed by atoms with E-state index < -0.39 is 12.7 Å². The molecule has 0 saturated carbocycles. The first-order chi connectivity index (χ1) is 11.9. The van der Waals surface area contributed by atoms with Crippen molar-refractivity contribution in [3.05, 3.63) is 36.3 Å². The Bertz CT molecular complexity index is 668. The number of aryl methyl sites for hydroxylation is 2. The van der Waals surface area contributed by atoms with Gasteiger partial charge in [-0.2, -0.15) is 13.2 Å². The summed E-state index contributed by atoms with van der Waals surface area (Å²) in [6, 6.07) is 1.53. The third kappa shape index (κ3) is 7.64. The average molecular weight is 355 g/mol. The Hall–Kier alpha value is -2.65. The highest BCUT2D eigenvalue weighted by Gasteiger charge is 2.26. The zero-order chi connectivity index (χ0) is 18.1. The van der Waals surface area contributed by atoms with Crippen molar-refractivity contribution in [3.8, 4) is 0 Å². The minimum absolute atomic E-state index is 0.325. The van der Waals surface area contributed by atoms with Crippen molar-refractivity contribution in [2.75, 3.05) is 11.9 Å². The van der Waals surface area contributed by atoms with Crippen LogP contribution in [-0.2, 0) is 12.8 Å². The Labute approximate surface area is 143 Å². The molecule has 0 bridgehead atoms. The van der Waals surface area contributed by atoms with Crippen molar-refractivity contribution in [3.63, 3.8) is 0 Å². The number of aliphatic imine (C=N–C) groups is 1. The number of hydrogen-bond donors (Lipinski definition) is 3. The first-order valence-electron chi connectivity index (χ1n) is 7.85. The van der Waals surface area contributed by atoms with Crippen LogP contribution in [0.1, 0.15) is 30.8 Å². The van der Waals surface area contributed by atoms with E-state index in [1.165, 1.54) is 12.3 Å². The van der Waals surface area contributed by atoms with Gasteiger partial charge in [0.15, 0.2) is 5.96 Å². The molecule has 0 saturated heterocycles. The molecule has 0 fully saturated rings. The minimum Gasteiger partial charge on any atom is -0.370 e. The molecule has 0 aromatic carbocycles. The number of aromatic nitrogens is 4. The molecular weight excluding hydrogens is 335 g/mol. The zero-order valence-corrected chi connectivity index (χ0v) is 13.6. The summed E-state index contributed by atoms with van der Waals surface area (Å²) in [5.74, 6) is 0.600. The maximum Gasteiger partial charge on any atom is 0.408 e. The predicted octanol–water partition coefficient (Wildman–Crippen LogP) is 2.44. The molecule has 0 amide bonds. The summed E-state index contributed by atoms with van der Waals surface area (Å²) in [6.07, 6.45) is 5.17. The van der Waals surface area contributed by atoms with Crippen LogP contribution < -0.4 is 11.1 Å². The number of nitrogens with two attached hydrogens (primary N) is 1. The third-order valence-electron chi connectivity index (χ3n) is 3.29. The van der Waals surface area contributed by atoms with Gasteiger partial charge < -0.3 is 16.0 Å². The number of halogens is 3. The van der Waals surface area contributed by atoms with Crippen LogP contribution in [0.15, 0.2) is 29.8 Å². The van der Waals surface area contributed by atoms with Crippen LogP contribution in [-0.4, -0.2) is 38.6 Å². The second-order valence-corrected chi connectivity index (χ2v) is 5.44. The van der Waals surface area contributed by atoms with E-state index >= 15 is 0 Å². The number of aromatic amines is 1. The lowest BCUT2D eigenvalue weighted by Crippen LogP contribution is -2.26. The molecule has 0 spiro atoms. The number of H-pyrrole nitrogens is 1. The van der Waals surface area contributed by atoms with Crippen molar-refractivity contribution < 1.29 is 13.2 Å². The molecule has 7 nitrogen and oxygen atoms in total. The van der Waals surface area contributed by atoms with Crippen LogP contribution in [0.5, 0.6) is 0 Å². The number of anilines is 1. The van der Waals surface area contributed by atoms with Crippen molar-refractivity contribution >= 4 is 11.8 Å². The van der Waals surface area contributed by atoms with Crippen molar-refractivity contribution in [2.45, 2.75) is 38.3 Å². The summed E-state index contributed by atoms with van der Waals surface area (Å²) in [5, 5.41) is 2.54. The lowest BCUT2D eigenvalue weighted by molar-refractivity contribution is -0.118. The summed E-state index contributed by atoms with van der Waals surface area (Å²) in [6.45, 7) is -1.33. The third-order valence-corrected chi connectivity index (χ3v) is 3.29. The fraction of sp³-hybridized carbons (Fsp3) is 0.467. The van der Waals surface area contributed by atoms with Crippen LogP contribution >= 0.6 is 0 Å². The van der Waals surface area contributed by atoms with Crippen LogP contribution in [0.3, 0.4) is 0 Å². The summed E-state index contributed by atoms with van der Waals surface area (Å²) >= 11 is 0. The van der Waals surface area contributed by atoms with Crippen molar-refractivity contribution in [2.24, 2.45) is 10.7 Å². The topological polar surface area (TPSA) is 105 Å². The van der Waals surface area contributed by atoms with Gasteiger partial charge in [0.05, 0.1) is 6.33 Å². The highest BCUT2D eigenvalue weighted by atomic mass is 19.4. The molecule has 0 aliphatic heterocycles. The van der Waals surface area contributed by atoms with Gasteiger partial charge in [0.25, 0.3) is 0 Å². The SMILES string of the molecule is NC(=NCC(F)(F)F)Nc1ccnc(CCCCCc2cnc[nH]2)n1. The lowest BCUT2D eigenvalue weighted by Gasteiger charge is -2.07. The molecule has 2 aromatic heterocycles. The highest BCUT2D eigenvalue weighted by Crippen LogP contribution is 2.14. The Balaban J connectivity index is 1.74. The quantitative estimate of drug-likeness (QED) is 0.383. The van der Waals surface area contributed by atoms with Gasteiger partial charge >= 0.3 is 6.18 Å². The normalized spacial score (nSPS) is 12.4. The molecule has 4 N–H and O–H groups in total. The molecule has 2 aromatic rings. The van der Waals surface area contributed by atoms with Gasteiger partial charge in [-0.3, -0.25) is 0 Å². The van der Waals surface area contributed by atoms with E-state index in [0.29, 0.717) is 18.1 Å². The van der Waals surface area contributed by atoms with E-state index in [9.17, 15) is 13.2 Å². The number of nitrogens with zero attached hydrogens (tertiary/aromatic N) is 4. The monoisotopic (exact) mass is 355 g/mol. The van der Waals surface area contributed by atoms with Crippen LogP contribution in [0.4, 0.5) is 19.0 Å². The summed E-state index contributed by atoms with van der Waals surface area (Å²) in [7, 11) is 0. The first-order valence-corrected chi connectivity index (χ1v) is 7.85. The van der Waals surface area contributed by atoms with E-state index in [1.807, 2.05) is 6.20 Å². The summed E-state index contributed by atoms with van der Waals surface area (Å²) < 4.78 is 36.3. The second-order valence-electron chi connectivity index (χ2n) is 5.44. The summed E-state index contributed by atoms with van der Waals surface area (Å²) in [4.78, 5) is 18.6. The molecule has 0 radical (unpaired) electrons. The molecular formula is C15H20F3N7. The Kier molecular flexibility index (Phi) is 6.72. The average Bonchev–Trinajstić information content (AvgIpc) is 3.06. The van der Waals surface area contributed by atoms with Gasteiger partial charge in [-0.15, -0.1) is 0 Å². The number of rotatable bonds is 8. The van der Waals surface area contributed by atoms with Gasteiger partial charge in [0.2, 0.25) is 0 Å². The van der Waals surface area contributed by atoms with Crippen molar-refractivity contribution in [1.82, 2.24) is 19.9 Å². The second kappa shape index (κ2) is 9.00. The minimum atomic E-state index is -4.39. The molecule has 136 valence electrons. The fourth-order valence-corrected chi connectivity index (χ4v) is 2.13. The Morgan fingerprint density at radius 2 is 2.04 bits per heavy atom. The number of hydrogen-bond acceptors (Lipinski definition) is 4. The van der Waals surface area contributed by atoms with E-state index in [2.05, 4.69) is 30.2 Å². The zero-order valence-electron chi connectivity index (χ0n) is 13.6. The van der Waals surface area contributed by atoms with E-state index in [4.69, 9.17) is 5.73 Å². The van der Waals surface area contributed by atoms with E-state index in [-0.39, 0.29) is 5.96 Å². The molecule has 0 unspecified atom stereocenters. The van der Waals surface area contributed by atoms with Crippen LogP contribution in [0.2, 0.25) is 0 Å². The van der Waals surface area contributed by atoms with Gasteiger partial charge in [-0.1, -0.05) is 6.42 Å². The molecule has 0 aliphatic carbocycles. The number of imidazole rings is 1. The Morgan fingerprint density at radius 3 is 2.76 bits per heavy atom. The number of unbranched alkanes of at least 4 members (excludes halogenated alkanes) is 2. The predicted molar refractivity (Wildman–Crippen MR) is 88.0 cm³/mol. The maximum atomic E-state index is 12.1. The largest absolute Gasteiger partial charge is 0.408 e. The molecule has 10 heteroatoms. The summed E-state index contributed by atoms with van der Waals surface area (Å²) in [5.41, 5.74) is 6.53. The fourth-order valence-electron chi connectivity index (χ4n) is 2.13. The molecule has 0 aliphatic rings. The number of nitrogens with one attached hydrogen (secondary N) is 2. The first kappa shape index (κ1) is 18.7. The molecule has 2 heterocycles. The van der Waals surface area contributed by atoms with Gasteiger partial charge in [-0.05, 0) is 25.3 Å². The van der Waals surface area contributed by atoms with Crippen LogP contribution in [0.25, 0.3) is 0 Å². The molecule has 2 rings (SSSR count). The van der Waals surface area contributed by atoms with Gasteiger partial charge in [-0.25, -0.2) is 19.9 Å². The van der Waals surface area contributed by atoms with Gasteiger partial charge in [0.1, 0.15) is 18.2 Å². The smallest absolute Gasteiger partial charge is 0.370 e. The highest BCUT2D eigenvalue weighted by molar-refractivity contribution is 5.91. The van der Waals surface area contributed by atoms with E-state index in [1.54, 1.807) is 6.33 Å². The van der Waals surface area contributed by atoms with Crippen LogP contribution in [0, 0.1) is 0 Å². The number of guanidine groups is 1. The lowest BCUT2D eigenvalue weighted by atomic mass is 10.1.